The van der Waals surface area contributed by atoms with E-state index >= 15 is 0 Å². The number of ether oxygens (including phenoxy) is 2. The summed E-state index contributed by atoms with van der Waals surface area (Å²) >= 11 is 3.46. The highest BCUT2D eigenvalue weighted by Gasteiger charge is 2.26. The molecule has 0 saturated heterocycles. The first-order valence-electron chi connectivity index (χ1n) is 10.1. The number of alkyl carbamates (subject to hydrolysis) is 1. The quantitative estimate of drug-likeness (QED) is 0.520. The van der Waals surface area contributed by atoms with Crippen LogP contribution < -0.4 is 10.6 Å². The first-order valence-corrected chi connectivity index (χ1v) is 10.9. The summed E-state index contributed by atoms with van der Waals surface area (Å²) in [6, 6.07) is 8.31. The topological polar surface area (TPSA) is 107 Å². The molecular weight excluding hydrogens is 478 g/mol. The Kier molecular flexibility index (Phi) is 9.19. The SMILES string of the molecule is COC(=O)CC[C@H](NC(=O)OC(C)(C)C)C(=O)Nc1ccc(Br)cc1Cc1cccnc1. The summed E-state index contributed by atoms with van der Waals surface area (Å²) in [5.41, 5.74) is 1.71. The Balaban J connectivity index is 2.20. The number of hydrogen-bond donors (Lipinski definition) is 2. The summed E-state index contributed by atoms with van der Waals surface area (Å²) in [6.45, 7) is 5.17. The molecule has 0 aliphatic rings. The zero-order valence-corrected chi connectivity index (χ0v) is 20.2. The summed E-state index contributed by atoms with van der Waals surface area (Å²) in [7, 11) is 1.27. The molecule has 2 N–H and O–H groups in total. The molecule has 8 nitrogen and oxygen atoms in total. The Bertz CT molecular complexity index is 944. The number of rotatable bonds is 8. The number of esters is 1. The van der Waals surface area contributed by atoms with Crippen LogP contribution in [0.3, 0.4) is 0 Å². The van der Waals surface area contributed by atoms with Crippen molar-refractivity contribution in [1.82, 2.24) is 10.3 Å². The fourth-order valence-electron chi connectivity index (χ4n) is 2.86. The molecule has 172 valence electrons. The van der Waals surface area contributed by atoms with Crippen LogP contribution in [0.25, 0.3) is 0 Å². The lowest BCUT2D eigenvalue weighted by Crippen LogP contribution is -2.46. The summed E-state index contributed by atoms with van der Waals surface area (Å²) in [5.74, 6) is -0.941. The molecule has 32 heavy (non-hydrogen) atoms. The lowest BCUT2D eigenvalue weighted by Gasteiger charge is -2.23. The molecule has 9 heteroatoms. The van der Waals surface area contributed by atoms with Crippen LogP contribution in [0.4, 0.5) is 10.5 Å². The average Bonchev–Trinajstić information content (AvgIpc) is 2.72. The van der Waals surface area contributed by atoms with Gasteiger partial charge in [0.25, 0.3) is 0 Å². The third-order valence-electron chi connectivity index (χ3n) is 4.31. The van der Waals surface area contributed by atoms with Gasteiger partial charge in [-0.15, -0.1) is 0 Å². The molecule has 0 aliphatic heterocycles. The van der Waals surface area contributed by atoms with Crippen LogP contribution in [0.1, 0.15) is 44.7 Å². The van der Waals surface area contributed by atoms with Gasteiger partial charge in [-0.1, -0.05) is 22.0 Å². The minimum absolute atomic E-state index is 0.0345. The number of amides is 2. The first kappa shape index (κ1) is 25.3. The Hall–Kier alpha value is -2.94. The molecule has 2 aromatic rings. The van der Waals surface area contributed by atoms with E-state index in [0.717, 1.165) is 15.6 Å². The summed E-state index contributed by atoms with van der Waals surface area (Å²) < 4.78 is 10.8. The number of halogens is 1. The molecule has 1 atom stereocenters. The Morgan fingerprint density at radius 2 is 1.94 bits per heavy atom. The third kappa shape index (κ3) is 8.66. The average molecular weight is 506 g/mol. The van der Waals surface area contributed by atoms with Crippen LogP contribution in [-0.2, 0) is 25.5 Å². The molecule has 1 aromatic heterocycles. The number of hydrogen-bond acceptors (Lipinski definition) is 6. The van der Waals surface area contributed by atoms with Gasteiger partial charge in [0.1, 0.15) is 11.6 Å². The van der Waals surface area contributed by atoms with Crippen molar-refractivity contribution in [1.29, 1.82) is 0 Å². The van der Waals surface area contributed by atoms with Crippen LogP contribution in [0.2, 0.25) is 0 Å². The van der Waals surface area contributed by atoms with Crippen molar-refractivity contribution in [3.8, 4) is 0 Å². The fraction of sp³-hybridized carbons (Fsp3) is 0.391. The van der Waals surface area contributed by atoms with Crippen LogP contribution in [0.15, 0.2) is 47.2 Å². The van der Waals surface area contributed by atoms with Crippen molar-refractivity contribution in [2.24, 2.45) is 0 Å². The zero-order chi connectivity index (χ0) is 23.7. The van der Waals surface area contributed by atoms with E-state index in [9.17, 15) is 14.4 Å². The smallest absolute Gasteiger partial charge is 0.408 e. The van der Waals surface area contributed by atoms with E-state index in [4.69, 9.17) is 4.74 Å². The molecule has 0 aliphatic carbocycles. The second kappa shape index (κ2) is 11.6. The monoisotopic (exact) mass is 505 g/mol. The standard InChI is InChI=1S/C23H28BrN3O5/c1-23(2,3)32-22(30)27-19(9-10-20(28)31-4)21(29)26-18-8-7-17(24)13-16(18)12-15-6-5-11-25-14-15/h5-8,11,13-14,19H,9-10,12H2,1-4H3,(H,26,29)(H,27,30)/t19-/m0/s1. The Morgan fingerprint density at radius 3 is 2.56 bits per heavy atom. The highest BCUT2D eigenvalue weighted by molar-refractivity contribution is 9.10. The minimum atomic E-state index is -0.987. The maximum absolute atomic E-state index is 13.0. The predicted octanol–water partition coefficient (Wildman–Crippen LogP) is 4.22. The summed E-state index contributed by atoms with van der Waals surface area (Å²) in [5, 5.41) is 5.42. The van der Waals surface area contributed by atoms with E-state index in [0.29, 0.717) is 12.1 Å². The number of carbonyl (C=O) groups is 3. The summed E-state index contributed by atoms with van der Waals surface area (Å²) in [6.07, 6.45) is 3.29. The van der Waals surface area contributed by atoms with Crippen molar-refractivity contribution in [3.05, 3.63) is 58.3 Å². The number of nitrogens with one attached hydrogen (secondary N) is 2. The number of methoxy groups -OCH3 is 1. The van der Waals surface area contributed by atoms with Gasteiger partial charge in [-0.2, -0.15) is 0 Å². The van der Waals surface area contributed by atoms with Crippen LogP contribution >= 0.6 is 15.9 Å². The van der Waals surface area contributed by atoms with E-state index in [1.54, 1.807) is 39.2 Å². The highest BCUT2D eigenvalue weighted by atomic mass is 79.9. The molecule has 0 radical (unpaired) electrons. The molecule has 2 rings (SSSR count). The molecule has 0 saturated carbocycles. The van der Waals surface area contributed by atoms with E-state index in [1.165, 1.54) is 7.11 Å². The van der Waals surface area contributed by atoms with E-state index in [1.807, 2.05) is 24.3 Å². The molecule has 0 unspecified atom stereocenters. The lowest BCUT2D eigenvalue weighted by atomic mass is 10.0. The van der Waals surface area contributed by atoms with Crippen molar-refractivity contribution in [3.63, 3.8) is 0 Å². The van der Waals surface area contributed by atoms with Crippen molar-refractivity contribution < 1.29 is 23.9 Å². The largest absolute Gasteiger partial charge is 0.469 e. The number of aromatic nitrogens is 1. The number of anilines is 1. The van der Waals surface area contributed by atoms with Crippen molar-refractivity contribution in [2.45, 2.75) is 51.7 Å². The number of nitrogens with zero attached hydrogens (tertiary/aromatic N) is 1. The van der Waals surface area contributed by atoms with E-state index in [-0.39, 0.29) is 12.8 Å². The van der Waals surface area contributed by atoms with Crippen LogP contribution in [0, 0.1) is 0 Å². The van der Waals surface area contributed by atoms with Gasteiger partial charge >= 0.3 is 12.1 Å². The van der Waals surface area contributed by atoms with Crippen molar-refractivity contribution in [2.75, 3.05) is 12.4 Å². The first-order chi connectivity index (χ1) is 15.1. The second-order valence-corrected chi connectivity index (χ2v) is 9.06. The van der Waals surface area contributed by atoms with Gasteiger partial charge in [0.05, 0.1) is 7.11 Å². The Morgan fingerprint density at radius 1 is 1.19 bits per heavy atom. The summed E-state index contributed by atoms with van der Waals surface area (Å²) in [4.78, 5) is 41.0. The molecule has 0 fully saturated rings. The van der Waals surface area contributed by atoms with Crippen molar-refractivity contribution >= 4 is 39.6 Å². The van der Waals surface area contributed by atoms with Gasteiger partial charge in [0.15, 0.2) is 0 Å². The van der Waals surface area contributed by atoms with E-state index < -0.39 is 29.6 Å². The number of pyridine rings is 1. The number of benzene rings is 1. The second-order valence-electron chi connectivity index (χ2n) is 8.14. The molecule has 1 aromatic carbocycles. The highest BCUT2D eigenvalue weighted by Crippen LogP contribution is 2.24. The maximum atomic E-state index is 13.0. The van der Waals surface area contributed by atoms with Gasteiger partial charge in [-0.25, -0.2) is 4.79 Å². The van der Waals surface area contributed by atoms with Crippen LogP contribution in [-0.4, -0.2) is 41.7 Å². The third-order valence-corrected chi connectivity index (χ3v) is 4.81. The number of carbonyl (C=O) groups excluding carboxylic acids is 3. The predicted molar refractivity (Wildman–Crippen MR) is 124 cm³/mol. The van der Waals surface area contributed by atoms with Crippen LogP contribution in [0.5, 0.6) is 0 Å². The normalized spacial score (nSPS) is 11.9. The van der Waals surface area contributed by atoms with E-state index in [2.05, 4.69) is 36.3 Å². The minimum Gasteiger partial charge on any atom is -0.469 e. The lowest BCUT2D eigenvalue weighted by molar-refractivity contribution is -0.140. The molecule has 0 bridgehead atoms. The molecular formula is C23H28BrN3O5. The van der Waals surface area contributed by atoms with Gasteiger partial charge in [0, 0.05) is 35.4 Å². The fourth-order valence-corrected chi connectivity index (χ4v) is 3.26. The zero-order valence-electron chi connectivity index (χ0n) is 18.6. The van der Waals surface area contributed by atoms with Gasteiger partial charge < -0.3 is 20.1 Å². The molecule has 2 amide bonds. The Labute approximate surface area is 196 Å². The van der Waals surface area contributed by atoms with Gasteiger partial charge in [-0.3, -0.25) is 14.6 Å². The maximum Gasteiger partial charge on any atom is 0.408 e. The van der Waals surface area contributed by atoms with Gasteiger partial charge in [-0.05, 0) is 62.6 Å². The molecule has 0 spiro atoms. The van der Waals surface area contributed by atoms with Gasteiger partial charge in [0.2, 0.25) is 5.91 Å². The molecule has 1 heterocycles.